The molecule has 1 aliphatic carbocycles. The molecule has 1 heterocycles. The number of anilines is 2. The van der Waals surface area contributed by atoms with Gasteiger partial charge in [0.25, 0.3) is 0 Å². The van der Waals surface area contributed by atoms with Crippen LogP contribution in [0.2, 0.25) is 0 Å². The molecule has 11 heavy (non-hydrogen) atoms. The zero-order valence-electron chi connectivity index (χ0n) is 6.54. The predicted molar refractivity (Wildman–Crippen MR) is 44.3 cm³/mol. The minimum Gasteiger partial charge on any atom is -0.384 e. The molecule has 1 fully saturated rings. The summed E-state index contributed by atoms with van der Waals surface area (Å²) in [5, 5.41) is 3.28. The summed E-state index contributed by atoms with van der Waals surface area (Å²) in [6.45, 7) is 0. The van der Waals surface area contributed by atoms with E-state index in [1.807, 2.05) is 11.6 Å². The maximum Gasteiger partial charge on any atom is 0.204 e. The standard InChI is InChI=1S/C7H12N4/c1-11-6(8)4-9-7(11)10-5-2-3-5/h4-5H,2-3,8H2,1H3,(H,9,10). The Morgan fingerprint density at radius 2 is 2.45 bits per heavy atom. The van der Waals surface area contributed by atoms with Crippen molar-refractivity contribution in [1.29, 1.82) is 0 Å². The first-order chi connectivity index (χ1) is 5.27. The van der Waals surface area contributed by atoms with Gasteiger partial charge in [-0.25, -0.2) is 4.98 Å². The van der Waals surface area contributed by atoms with Gasteiger partial charge in [-0.15, -0.1) is 0 Å². The average Bonchev–Trinajstić information content (AvgIpc) is 2.74. The molecule has 0 atom stereocenters. The van der Waals surface area contributed by atoms with Crippen LogP contribution in [0.3, 0.4) is 0 Å². The first-order valence-corrected chi connectivity index (χ1v) is 3.81. The van der Waals surface area contributed by atoms with Crippen LogP contribution in [0.1, 0.15) is 12.8 Å². The topological polar surface area (TPSA) is 55.9 Å². The zero-order chi connectivity index (χ0) is 7.84. The van der Waals surface area contributed by atoms with Gasteiger partial charge in [0.1, 0.15) is 5.82 Å². The lowest BCUT2D eigenvalue weighted by atomic mass is 10.7. The second-order valence-corrected chi connectivity index (χ2v) is 2.98. The third kappa shape index (κ3) is 1.15. The molecular formula is C7H12N4. The maximum atomic E-state index is 5.60. The van der Waals surface area contributed by atoms with Crippen LogP contribution in [-0.2, 0) is 7.05 Å². The van der Waals surface area contributed by atoms with E-state index < -0.39 is 0 Å². The number of nitrogen functional groups attached to an aromatic ring is 1. The molecule has 3 N–H and O–H groups in total. The van der Waals surface area contributed by atoms with Gasteiger partial charge >= 0.3 is 0 Å². The summed E-state index contributed by atoms with van der Waals surface area (Å²) in [5.41, 5.74) is 5.60. The number of nitrogens with zero attached hydrogens (tertiary/aromatic N) is 2. The molecular weight excluding hydrogens is 140 g/mol. The Balaban J connectivity index is 2.15. The molecule has 0 spiro atoms. The Bertz CT molecular complexity index is 261. The monoisotopic (exact) mass is 152 g/mol. The summed E-state index contributed by atoms with van der Waals surface area (Å²) in [6.07, 6.45) is 4.18. The van der Waals surface area contributed by atoms with Gasteiger partial charge in [-0.2, -0.15) is 0 Å². The van der Waals surface area contributed by atoms with Crippen molar-refractivity contribution >= 4 is 11.8 Å². The summed E-state index contributed by atoms with van der Waals surface area (Å²) in [4.78, 5) is 4.12. The molecule has 0 amide bonds. The van der Waals surface area contributed by atoms with Gasteiger partial charge in [-0.05, 0) is 12.8 Å². The Morgan fingerprint density at radius 3 is 2.91 bits per heavy atom. The van der Waals surface area contributed by atoms with E-state index in [2.05, 4.69) is 10.3 Å². The fraction of sp³-hybridized carbons (Fsp3) is 0.571. The number of imidazole rings is 1. The van der Waals surface area contributed by atoms with E-state index in [0.717, 1.165) is 5.95 Å². The molecule has 60 valence electrons. The molecule has 4 nitrogen and oxygen atoms in total. The van der Waals surface area contributed by atoms with Gasteiger partial charge in [-0.3, -0.25) is 0 Å². The van der Waals surface area contributed by atoms with Crippen LogP contribution in [0, 0.1) is 0 Å². The van der Waals surface area contributed by atoms with E-state index in [1.54, 1.807) is 6.20 Å². The molecule has 1 aliphatic rings. The van der Waals surface area contributed by atoms with E-state index in [0.29, 0.717) is 11.9 Å². The number of aromatic nitrogens is 2. The van der Waals surface area contributed by atoms with E-state index in [9.17, 15) is 0 Å². The third-order valence-electron chi connectivity index (χ3n) is 1.93. The largest absolute Gasteiger partial charge is 0.384 e. The predicted octanol–water partition coefficient (Wildman–Crippen LogP) is 0.577. The number of hydrogen-bond acceptors (Lipinski definition) is 3. The lowest BCUT2D eigenvalue weighted by Crippen LogP contribution is -2.07. The van der Waals surface area contributed by atoms with Gasteiger partial charge in [0, 0.05) is 13.1 Å². The first-order valence-electron chi connectivity index (χ1n) is 3.81. The highest BCUT2D eigenvalue weighted by atomic mass is 15.2. The van der Waals surface area contributed by atoms with Crippen molar-refractivity contribution in [2.45, 2.75) is 18.9 Å². The van der Waals surface area contributed by atoms with Crippen molar-refractivity contribution in [3.05, 3.63) is 6.20 Å². The first kappa shape index (κ1) is 6.52. The molecule has 0 unspecified atom stereocenters. The molecule has 1 saturated carbocycles. The summed E-state index contributed by atoms with van der Waals surface area (Å²) in [7, 11) is 1.91. The SMILES string of the molecule is Cn1c(N)cnc1NC1CC1. The Kier molecular flexibility index (Phi) is 1.27. The summed E-state index contributed by atoms with van der Waals surface area (Å²) in [5.74, 6) is 1.58. The van der Waals surface area contributed by atoms with E-state index in [-0.39, 0.29) is 0 Å². The highest BCUT2D eigenvalue weighted by Crippen LogP contribution is 2.24. The van der Waals surface area contributed by atoms with Crippen LogP contribution in [0.15, 0.2) is 6.20 Å². The minimum atomic E-state index is 0.635. The van der Waals surface area contributed by atoms with Crippen LogP contribution in [0.4, 0.5) is 11.8 Å². The lowest BCUT2D eigenvalue weighted by Gasteiger charge is -2.03. The van der Waals surface area contributed by atoms with E-state index in [4.69, 9.17) is 5.73 Å². The highest BCUT2D eigenvalue weighted by Gasteiger charge is 2.22. The van der Waals surface area contributed by atoms with Crippen molar-refractivity contribution in [2.75, 3.05) is 11.1 Å². The molecule has 1 aromatic heterocycles. The molecule has 0 aliphatic heterocycles. The van der Waals surface area contributed by atoms with E-state index >= 15 is 0 Å². The van der Waals surface area contributed by atoms with Crippen molar-refractivity contribution in [2.24, 2.45) is 7.05 Å². The zero-order valence-corrected chi connectivity index (χ0v) is 6.54. The summed E-state index contributed by atoms with van der Waals surface area (Å²) < 4.78 is 1.86. The third-order valence-corrected chi connectivity index (χ3v) is 1.93. The van der Waals surface area contributed by atoms with Gasteiger partial charge in [0.2, 0.25) is 5.95 Å². The Morgan fingerprint density at radius 1 is 1.73 bits per heavy atom. The fourth-order valence-electron chi connectivity index (χ4n) is 0.967. The quantitative estimate of drug-likeness (QED) is 0.651. The normalized spacial score (nSPS) is 16.8. The average molecular weight is 152 g/mol. The van der Waals surface area contributed by atoms with Crippen molar-refractivity contribution in [3.63, 3.8) is 0 Å². The Labute approximate surface area is 65.4 Å². The van der Waals surface area contributed by atoms with Crippen LogP contribution < -0.4 is 11.1 Å². The van der Waals surface area contributed by atoms with Gasteiger partial charge in [0.15, 0.2) is 0 Å². The van der Waals surface area contributed by atoms with Crippen molar-refractivity contribution < 1.29 is 0 Å². The number of nitrogens with two attached hydrogens (primary N) is 1. The molecule has 0 radical (unpaired) electrons. The lowest BCUT2D eigenvalue weighted by molar-refractivity contribution is 0.909. The molecule has 2 rings (SSSR count). The highest BCUT2D eigenvalue weighted by molar-refractivity contribution is 5.40. The molecule has 4 heteroatoms. The minimum absolute atomic E-state index is 0.635. The van der Waals surface area contributed by atoms with Crippen LogP contribution in [0.25, 0.3) is 0 Å². The van der Waals surface area contributed by atoms with Crippen molar-refractivity contribution in [3.8, 4) is 0 Å². The maximum absolute atomic E-state index is 5.60. The smallest absolute Gasteiger partial charge is 0.204 e. The van der Waals surface area contributed by atoms with E-state index in [1.165, 1.54) is 12.8 Å². The molecule has 0 aromatic carbocycles. The van der Waals surface area contributed by atoms with Gasteiger partial charge < -0.3 is 15.6 Å². The number of hydrogen-bond donors (Lipinski definition) is 2. The number of nitrogens with one attached hydrogen (secondary N) is 1. The molecule has 0 bridgehead atoms. The van der Waals surface area contributed by atoms with Crippen LogP contribution in [-0.4, -0.2) is 15.6 Å². The van der Waals surface area contributed by atoms with Crippen LogP contribution in [0.5, 0.6) is 0 Å². The molecule has 1 aromatic rings. The van der Waals surface area contributed by atoms with Gasteiger partial charge in [0.05, 0.1) is 6.20 Å². The fourth-order valence-corrected chi connectivity index (χ4v) is 0.967. The van der Waals surface area contributed by atoms with Gasteiger partial charge in [-0.1, -0.05) is 0 Å². The Hall–Kier alpha value is -1.19. The van der Waals surface area contributed by atoms with Crippen LogP contribution >= 0.6 is 0 Å². The number of rotatable bonds is 2. The second-order valence-electron chi connectivity index (χ2n) is 2.98. The second kappa shape index (κ2) is 2.15. The molecule has 0 saturated heterocycles. The summed E-state index contributed by atoms with van der Waals surface area (Å²) in [6, 6.07) is 0.635. The summed E-state index contributed by atoms with van der Waals surface area (Å²) >= 11 is 0. The van der Waals surface area contributed by atoms with Crippen molar-refractivity contribution in [1.82, 2.24) is 9.55 Å².